The number of anilines is 2. The molecule has 3 aromatic carbocycles. The van der Waals surface area contributed by atoms with E-state index in [9.17, 15) is 19.7 Å². The van der Waals surface area contributed by atoms with Crippen LogP contribution in [0.2, 0.25) is 0 Å². The number of benzene rings is 3. The molecule has 11 heteroatoms. The van der Waals surface area contributed by atoms with Crippen LogP contribution in [0.1, 0.15) is 33.0 Å². The molecular formula is C26H23N7O4. The second kappa shape index (κ2) is 11.4. The molecule has 0 fully saturated rings. The highest BCUT2D eigenvalue weighted by Crippen LogP contribution is 2.29. The summed E-state index contributed by atoms with van der Waals surface area (Å²) in [6.45, 7) is 1.77. The summed E-state index contributed by atoms with van der Waals surface area (Å²) in [4.78, 5) is 44.6. The second-order valence-electron chi connectivity index (χ2n) is 7.94. The van der Waals surface area contributed by atoms with Crippen LogP contribution in [0.25, 0.3) is 0 Å². The Bertz CT molecular complexity index is 1380. The van der Waals surface area contributed by atoms with Crippen LogP contribution in [0.5, 0.6) is 0 Å². The molecule has 4 rings (SSSR count). The van der Waals surface area contributed by atoms with Gasteiger partial charge in [-0.3, -0.25) is 41.4 Å². The highest BCUT2D eigenvalue weighted by Gasteiger charge is 2.26. The molecule has 0 radical (unpaired) electrons. The largest absolute Gasteiger partial charge is 0.356 e. The van der Waals surface area contributed by atoms with E-state index in [-0.39, 0.29) is 11.6 Å². The number of hydrogen-bond acceptors (Lipinski definition) is 8. The summed E-state index contributed by atoms with van der Waals surface area (Å²) in [5.74, 6) is -2.15. The molecule has 0 aliphatic carbocycles. The van der Waals surface area contributed by atoms with Crippen molar-refractivity contribution in [3.63, 3.8) is 0 Å². The highest BCUT2D eigenvalue weighted by atomic mass is 16.6. The first-order valence-electron chi connectivity index (χ1n) is 11.2. The van der Waals surface area contributed by atoms with Crippen LogP contribution in [0, 0.1) is 17.0 Å². The van der Waals surface area contributed by atoms with E-state index in [1.807, 2.05) is 60.7 Å². The molecule has 11 nitrogen and oxygen atoms in total. The zero-order valence-electron chi connectivity index (χ0n) is 19.7. The number of hydrazine groups is 2. The number of nitrogens with zero attached hydrogens (tertiary/aromatic N) is 3. The topological polar surface area (TPSA) is 151 Å². The van der Waals surface area contributed by atoms with Crippen LogP contribution in [0.3, 0.4) is 0 Å². The van der Waals surface area contributed by atoms with Gasteiger partial charge in [-0.2, -0.15) is 0 Å². The molecule has 0 bridgehead atoms. The highest BCUT2D eigenvalue weighted by molar-refractivity contribution is 5.96. The van der Waals surface area contributed by atoms with Crippen molar-refractivity contribution in [2.45, 2.75) is 12.8 Å². The van der Waals surface area contributed by atoms with Gasteiger partial charge in [0.25, 0.3) is 5.91 Å². The van der Waals surface area contributed by atoms with Crippen molar-refractivity contribution in [1.29, 1.82) is 0 Å². The SMILES string of the molecule is Cc1ccccc1C(=O)NNc1ncnc(NNC(=O)C(c2ccccc2)c2ccccc2)c1[N+](=O)[O-]. The summed E-state index contributed by atoms with van der Waals surface area (Å²) in [5.41, 5.74) is 12.0. The Balaban J connectivity index is 1.53. The van der Waals surface area contributed by atoms with E-state index in [4.69, 9.17) is 0 Å². The lowest BCUT2D eigenvalue weighted by Crippen LogP contribution is -2.35. The van der Waals surface area contributed by atoms with Gasteiger partial charge in [0, 0.05) is 5.56 Å². The fraction of sp³-hybridized carbons (Fsp3) is 0.0769. The number of aromatic nitrogens is 2. The maximum absolute atomic E-state index is 13.2. The zero-order valence-corrected chi connectivity index (χ0v) is 19.7. The molecule has 0 atom stereocenters. The third-order valence-electron chi connectivity index (χ3n) is 5.52. The van der Waals surface area contributed by atoms with E-state index in [1.54, 1.807) is 31.2 Å². The predicted molar refractivity (Wildman–Crippen MR) is 137 cm³/mol. The molecule has 0 spiro atoms. The van der Waals surface area contributed by atoms with Crippen molar-refractivity contribution in [2.75, 3.05) is 10.9 Å². The van der Waals surface area contributed by atoms with E-state index in [0.29, 0.717) is 5.56 Å². The minimum atomic E-state index is -0.720. The summed E-state index contributed by atoms with van der Waals surface area (Å²) in [5, 5.41) is 11.9. The summed E-state index contributed by atoms with van der Waals surface area (Å²) in [7, 11) is 0. The number of hydrogen-bond donors (Lipinski definition) is 4. The zero-order chi connectivity index (χ0) is 26.2. The monoisotopic (exact) mass is 497 g/mol. The smallest absolute Gasteiger partial charge is 0.276 e. The first kappa shape index (κ1) is 24.8. The van der Waals surface area contributed by atoms with Crippen molar-refractivity contribution in [3.05, 3.63) is 124 Å². The normalized spacial score (nSPS) is 10.4. The first-order valence-corrected chi connectivity index (χ1v) is 11.2. The van der Waals surface area contributed by atoms with Crippen LogP contribution >= 0.6 is 0 Å². The molecule has 186 valence electrons. The molecule has 0 aliphatic rings. The Hall–Kier alpha value is -5.32. The van der Waals surface area contributed by atoms with Crippen molar-refractivity contribution in [1.82, 2.24) is 20.8 Å². The van der Waals surface area contributed by atoms with Gasteiger partial charge in [0.2, 0.25) is 17.5 Å². The van der Waals surface area contributed by atoms with E-state index in [0.717, 1.165) is 23.0 Å². The maximum Gasteiger partial charge on any atom is 0.356 e. The van der Waals surface area contributed by atoms with Gasteiger partial charge in [0.15, 0.2) is 0 Å². The summed E-state index contributed by atoms with van der Waals surface area (Å²) >= 11 is 0. The van der Waals surface area contributed by atoms with Crippen LogP contribution in [0.4, 0.5) is 17.3 Å². The third-order valence-corrected chi connectivity index (χ3v) is 5.52. The van der Waals surface area contributed by atoms with Gasteiger partial charge >= 0.3 is 5.69 Å². The molecule has 2 amide bonds. The lowest BCUT2D eigenvalue weighted by molar-refractivity contribution is -0.383. The predicted octanol–water partition coefficient (Wildman–Crippen LogP) is 3.73. The third kappa shape index (κ3) is 5.85. The Labute approximate surface area is 212 Å². The molecule has 1 heterocycles. The quantitative estimate of drug-likeness (QED) is 0.202. The van der Waals surface area contributed by atoms with E-state index in [1.165, 1.54) is 0 Å². The number of nitro groups is 1. The first-order chi connectivity index (χ1) is 18.0. The number of rotatable bonds is 9. The fourth-order valence-corrected chi connectivity index (χ4v) is 3.72. The van der Waals surface area contributed by atoms with E-state index < -0.39 is 28.3 Å². The Morgan fingerprint density at radius 2 is 1.30 bits per heavy atom. The molecule has 37 heavy (non-hydrogen) atoms. The van der Waals surface area contributed by atoms with Crippen LogP contribution < -0.4 is 21.7 Å². The number of carbonyl (C=O) groups excluding carboxylic acids is 2. The second-order valence-corrected chi connectivity index (χ2v) is 7.94. The maximum atomic E-state index is 13.2. The van der Waals surface area contributed by atoms with Gasteiger partial charge < -0.3 is 0 Å². The molecule has 0 aliphatic heterocycles. The van der Waals surface area contributed by atoms with E-state index in [2.05, 4.69) is 31.7 Å². The molecule has 0 saturated carbocycles. The average Bonchev–Trinajstić information content (AvgIpc) is 2.92. The summed E-state index contributed by atoms with van der Waals surface area (Å²) in [6, 6.07) is 25.2. The minimum absolute atomic E-state index is 0.263. The molecule has 0 saturated heterocycles. The lowest BCUT2D eigenvalue weighted by Gasteiger charge is -2.18. The molecular weight excluding hydrogens is 474 g/mol. The standard InChI is InChI=1S/C26H23N7O4/c1-17-10-8-9-15-20(17)25(34)31-29-23-22(33(36)37)24(28-16-27-23)30-32-26(35)21(18-11-4-2-5-12-18)19-13-6-3-7-14-19/h2-16,21H,1H3,(H,31,34)(H,32,35)(H2,27,28,29,30). The van der Waals surface area contributed by atoms with Gasteiger partial charge in [0.1, 0.15) is 6.33 Å². The van der Waals surface area contributed by atoms with Crippen LogP contribution in [-0.4, -0.2) is 26.7 Å². The molecule has 4 aromatic rings. The Kier molecular flexibility index (Phi) is 7.64. The van der Waals surface area contributed by atoms with Gasteiger partial charge in [0.05, 0.1) is 10.8 Å². The van der Waals surface area contributed by atoms with Gasteiger partial charge in [-0.15, -0.1) is 0 Å². The lowest BCUT2D eigenvalue weighted by atomic mass is 9.91. The summed E-state index contributed by atoms with van der Waals surface area (Å²) in [6.07, 6.45) is 1.07. The van der Waals surface area contributed by atoms with Crippen molar-refractivity contribution >= 4 is 29.1 Å². The number of nitrogens with one attached hydrogen (secondary N) is 4. The number of amides is 2. The van der Waals surface area contributed by atoms with Gasteiger partial charge in [-0.1, -0.05) is 78.9 Å². The van der Waals surface area contributed by atoms with E-state index >= 15 is 0 Å². The van der Waals surface area contributed by atoms with Crippen molar-refractivity contribution < 1.29 is 14.5 Å². The fourth-order valence-electron chi connectivity index (χ4n) is 3.72. The Morgan fingerprint density at radius 3 is 1.84 bits per heavy atom. The minimum Gasteiger partial charge on any atom is -0.276 e. The number of carbonyl (C=O) groups is 2. The molecule has 1 aromatic heterocycles. The van der Waals surface area contributed by atoms with Crippen molar-refractivity contribution in [3.8, 4) is 0 Å². The van der Waals surface area contributed by atoms with Crippen molar-refractivity contribution in [2.24, 2.45) is 0 Å². The summed E-state index contributed by atoms with van der Waals surface area (Å²) < 4.78 is 0. The number of aryl methyl sites for hydroxylation is 1. The average molecular weight is 498 g/mol. The Morgan fingerprint density at radius 1 is 0.784 bits per heavy atom. The van der Waals surface area contributed by atoms with Gasteiger partial charge in [-0.05, 0) is 29.7 Å². The van der Waals surface area contributed by atoms with Crippen LogP contribution in [-0.2, 0) is 4.79 Å². The molecule has 0 unspecified atom stereocenters. The van der Waals surface area contributed by atoms with Crippen LogP contribution in [0.15, 0.2) is 91.3 Å². The van der Waals surface area contributed by atoms with Gasteiger partial charge in [-0.25, -0.2) is 9.97 Å². The molecule has 4 N–H and O–H groups in total.